The number of benzene rings is 2. The molecule has 2 aromatic heterocycles. The number of hydrogen-bond donors (Lipinski definition) is 1. The first-order valence-electron chi connectivity index (χ1n) is 10.6. The van der Waals surface area contributed by atoms with E-state index in [0.717, 1.165) is 22.3 Å². The van der Waals surface area contributed by atoms with E-state index in [2.05, 4.69) is 19.7 Å². The molecule has 0 fully saturated rings. The van der Waals surface area contributed by atoms with Crippen molar-refractivity contribution in [1.82, 2.24) is 15.0 Å². The fourth-order valence-electron chi connectivity index (χ4n) is 3.73. The first kappa shape index (κ1) is 22.3. The van der Waals surface area contributed by atoms with E-state index in [1.165, 1.54) is 17.4 Å². The minimum absolute atomic E-state index is 0.106. The number of nitrogens with one attached hydrogen (secondary N) is 1. The molecule has 34 heavy (non-hydrogen) atoms. The van der Waals surface area contributed by atoms with Gasteiger partial charge in [0.05, 0.1) is 11.5 Å². The van der Waals surface area contributed by atoms with Gasteiger partial charge in [0.25, 0.3) is 10.0 Å². The second-order valence-corrected chi connectivity index (χ2v) is 10.5. The summed E-state index contributed by atoms with van der Waals surface area (Å²) in [5, 5.41) is 2.02. The maximum Gasteiger partial charge on any atom is 0.263 e. The lowest BCUT2D eigenvalue weighted by Gasteiger charge is -2.28. The fourth-order valence-corrected chi connectivity index (χ4v) is 5.54. The first-order valence-corrected chi connectivity index (χ1v) is 13.0. The highest BCUT2D eigenvalue weighted by atomic mass is 32.2. The lowest BCUT2D eigenvalue weighted by Crippen LogP contribution is -2.20. The van der Waals surface area contributed by atoms with Gasteiger partial charge < -0.3 is 9.47 Å². The number of fused-ring (bicyclic) bond motifs is 1. The van der Waals surface area contributed by atoms with Gasteiger partial charge in [-0.15, -0.1) is 11.3 Å². The summed E-state index contributed by atoms with van der Waals surface area (Å²) in [6, 6.07) is 10.8. The highest BCUT2D eigenvalue weighted by Crippen LogP contribution is 2.40. The summed E-state index contributed by atoms with van der Waals surface area (Å²) in [6.07, 6.45) is 5.46. The lowest BCUT2D eigenvalue weighted by molar-refractivity contribution is 0.136. The maximum atomic E-state index is 12.8. The van der Waals surface area contributed by atoms with Gasteiger partial charge in [-0.05, 0) is 32.0 Å². The number of nitrogens with zero attached hydrogens (tertiary/aromatic N) is 3. The molecule has 0 amide bonds. The molecule has 0 radical (unpaired) electrons. The molecule has 0 saturated heterocycles. The van der Waals surface area contributed by atoms with Gasteiger partial charge in [-0.25, -0.2) is 23.4 Å². The van der Waals surface area contributed by atoms with E-state index in [1.807, 2.05) is 32.0 Å². The van der Waals surface area contributed by atoms with Crippen LogP contribution in [0.25, 0.3) is 11.1 Å². The Labute approximate surface area is 201 Å². The average Bonchev–Trinajstić information content (AvgIpc) is 3.33. The van der Waals surface area contributed by atoms with Crippen molar-refractivity contribution in [3.8, 4) is 22.6 Å². The Hall–Kier alpha value is -3.50. The van der Waals surface area contributed by atoms with E-state index in [9.17, 15) is 8.42 Å². The largest absolute Gasteiger partial charge is 0.493 e. The van der Waals surface area contributed by atoms with E-state index in [0.29, 0.717) is 35.5 Å². The fraction of sp³-hybridized carbons (Fsp3) is 0.208. The summed E-state index contributed by atoms with van der Waals surface area (Å²) in [5.41, 5.74) is 3.66. The number of thiazole rings is 1. The molecular formula is C24H22N4O4S2. The van der Waals surface area contributed by atoms with Crippen LogP contribution in [0.3, 0.4) is 0 Å². The van der Waals surface area contributed by atoms with E-state index >= 15 is 0 Å². The number of aromatic nitrogens is 3. The number of anilines is 1. The third kappa shape index (κ3) is 4.59. The van der Waals surface area contributed by atoms with Crippen LogP contribution < -0.4 is 14.2 Å². The van der Waals surface area contributed by atoms with Crippen LogP contribution in [-0.2, 0) is 10.0 Å². The lowest BCUT2D eigenvalue weighted by atomic mass is 10.0. The summed E-state index contributed by atoms with van der Waals surface area (Å²) in [5.74, 6) is 1.90. The van der Waals surface area contributed by atoms with Gasteiger partial charge in [0.15, 0.2) is 5.13 Å². The Morgan fingerprint density at radius 2 is 1.91 bits per heavy atom. The van der Waals surface area contributed by atoms with Crippen LogP contribution in [-0.4, -0.2) is 30.0 Å². The van der Waals surface area contributed by atoms with Crippen molar-refractivity contribution in [1.29, 1.82) is 0 Å². The molecule has 4 aromatic rings. The van der Waals surface area contributed by atoms with Crippen molar-refractivity contribution in [2.24, 2.45) is 0 Å². The average molecular weight is 495 g/mol. The molecule has 1 aliphatic rings. The Morgan fingerprint density at radius 1 is 1.09 bits per heavy atom. The molecule has 0 spiro atoms. The topological polar surface area (TPSA) is 103 Å². The highest BCUT2D eigenvalue weighted by Gasteiger charge is 2.27. The van der Waals surface area contributed by atoms with E-state index < -0.39 is 10.0 Å². The number of ether oxygens (including phenoxy) is 2. The third-order valence-electron chi connectivity index (χ3n) is 5.43. The molecule has 1 aliphatic heterocycles. The molecule has 0 aliphatic carbocycles. The van der Waals surface area contributed by atoms with Crippen molar-refractivity contribution < 1.29 is 17.9 Å². The van der Waals surface area contributed by atoms with Gasteiger partial charge in [0, 0.05) is 53.1 Å². The predicted octanol–water partition coefficient (Wildman–Crippen LogP) is 4.92. The van der Waals surface area contributed by atoms with Gasteiger partial charge in [0.1, 0.15) is 23.4 Å². The van der Waals surface area contributed by atoms with Crippen LogP contribution in [0.15, 0.2) is 65.3 Å². The molecule has 0 unspecified atom stereocenters. The van der Waals surface area contributed by atoms with Gasteiger partial charge >= 0.3 is 0 Å². The minimum Gasteiger partial charge on any atom is -0.493 e. The quantitative estimate of drug-likeness (QED) is 0.406. The van der Waals surface area contributed by atoms with Crippen molar-refractivity contribution in [2.45, 2.75) is 31.3 Å². The van der Waals surface area contributed by atoms with Gasteiger partial charge in [-0.2, -0.15) is 0 Å². The smallest absolute Gasteiger partial charge is 0.263 e. The minimum atomic E-state index is -3.78. The number of hydrogen-bond acceptors (Lipinski definition) is 8. The van der Waals surface area contributed by atoms with Crippen LogP contribution in [0.2, 0.25) is 0 Å². The van der Waals surface area contributed by atoms with Crippen molar-refractivity contribution in [2.75, 3.05) is 11.3 Å². The van der Waals surface area contributed by atoms with Crippen LogP contribution in [0.4, 0.5) is 5.13 Å². The zero-order chi connectivity index (χ0) is 23.7. The van der Waals surface area contributed by atoms with Crippen LogP contribution >= 0.6 is 11.3 Å². The van der Waals surface area contributed by atoms with Crippen LogP contribution in [0.1, 0.15) is 29.5 Å². The Bertz CT molecular complexity index is 1420. The third-order valence-corrected chi connectivity index (χ3v) is 7.58. The molecular weight excluding hydrogens is 472 g/mol. The van der Waals surface area contributed by atoms with E-state index in [-0.39, 0.29) is 11.0 Å². The number of sulfonamides is 1. The molecule has 1 N–H and O–H groups in total. The SMILES string of the molecule is Cc1ccc(O[C@@H]2CCOc3cc(S(=O)(=O)Nc4nccs4)ccc32)c(-c2cnc(C)nc2)c1. The molecule has 8 nitrogen and oxygen atoms in total. The summed E-state index contributed by atoms with van der Waals surface area (Å²) < 4.78 is 40.3. The molecule has 174 valence electrons. The molecule has 1 atom stereocenters. The zero-order valence-electron chi connectivity index (χ0n) is 18.6. The normalized spacial score (nSPS) is 15.3. The van der Waals surface area contributed by atoms with E-state index in [4.69, 9.17) is 9.47 Å². The van der Waals surface area contributed by atoms with Crippen LogP contribution in [0, 0.1) is 13.8 Å². The molecule has 0 saturated carbocycles. The summed E-state index contributed by atoms with van der Waals surface area (Å²) in [7, 11) is -3.78. The van der Waals surface area contributed by atoms with Crippen LogP contribution in [0.5, 0.6) is 11.5 Å². The summed E-state index contributed by atoms with van der Waals surface area (Å²) in [6.45, 7) is 4.28. The molecule has 5 rings (SSSR count). The summed E-state index contributed by atoms with van der Waals surface area (Å²) in [4.78, 5) is 12.7. The maximum absolute atomic E-state index is 12.8. The zero-order valence-corrected chi connectivity index (χ0v) is 20.2. The Kier molecular flexibility index (Phi) is 5.93. The molecule has 10 heteroatoms. The number of rotatable bonds is 6. The van der Waals surface area contributed by atoms with Gasteiger partial charge in [0.2, 0.25) is 0 Å². The summed E-state index contributed by atoms with van der Waals surface area (Å²) >= 11 is 1.21. The van der Waals surface area contributed by atoms with Crippen molar-refractivity contribution >= 4 is 26.5 Å². The van der Waals surface area contributed by atoms with Crippen molar-refractivity contribution in [3.63, 3.8) is 0 Å². The predicted molar refractivity (Wildman–Crippen MR) is 130 cm³/mol. The van der Waals surface area contributed by atoms with E-state index in [1.54, 1.807) is 36.1 Å². The highest BCUT2D eigenvalue weighted by molar-refractivity contribution is 7.93. The first-order chi connectivity index (χ1) is 16.4. The van der Waals surface area contributed by atoms with Gasteiger partial charge in [-0.3, -0.25) is 4.72 Å². The standard InChI is InChI=1S/C24H22N4O4S2/c1-15-3-6-21(20(11-15)17-13-26-16(2)27-14-17)32-22-7-9-31-23-12-18(4-5-19(22)23)34(29,30)28-24-25-8-10-33-24/h3-6,8,10-14,22H,7,9H2,1-2H3,(H,25,28)/t22-/m1/s1. The number of aryl methyl sites for hydroxylation is 2. The molecule has 0 bridgehead atoms. The second-order valence-electron chi connectivity index (χ2n) is 7.90. The van der Waals surface area contributed by atoms with Gasteiger partial charge in [-0.1, -0.05) is 17.7 Å². The monoisotopic (exact) mass is 494 g/mol. The molecule has 2 aromatic carbocycles. The second kappa shape index (κ2) is 9.03. The molecule has 3 heterocycles. The Balaban J connectivity index is 1.44. The Morgan fingerprint density at radius 3 is 2.68 bits per heavy atom. The van der Waals surface area contributed by atoms with Crippen molar-refractivity contribution in [3.05, 3.63) is 77.3 Å².